The normalized spacial score (nSPS) is 19.1. The average molecular weight is 337 g/mol. The first-order valence-electron chi connectivity index (χ1n) is 8.33. The van der Waals surface area contributed by atoms with Crippen molar-refractivity contribution in [2.45, 2.75) is 59.7 Å². The Morgan fingerprint density at radius 3 is 2.71 bits per heavy atom. The number of esters is 1. The van der Waals surface area contributed by atoms with E-state index in [9.17, 15) is 4.79 Å². The molecule has 2 rings (SSSR count). The Labute approximate surface area is 143 Å². The summed E-state index contributed by atoms with van der Waals surface area (Å²) in [6, 6.07) is 0. The number of aliphatic imine (C=N–C) groups is 1. The molecule has 0 bridgehead atoms. The van der Waals surface area contributed by atoms with Crippen LogP contribution in [0.3, 0.4) is 0 Å². The van der Waals surface area contributed by atoms with Crippen molar-refractivity contribution in [3.8, 4) is 5.88 Å². The molecule has 0 aliphatic carbocycles. The molecule has 0 aromatic carbocycles. The van der Waals surface area contributed by atoms with Crippen LogP contribution in [0.4, 0.5) is 0 Å². The minimum absolute atomic E-state index is 0.172. The number of aromatic nitrogens is 2. The molecule has 2 heterocycles. The fourth-order valence-corrected chi connectivity index (χ4v) is 2.52. The molecule has 0 spiro atoms. The highest BCUT2D eigenvalue weighted by Crippen LogP contribution is 2.29. The number of rotatable bonds is 7. The highest BCUT2D eigenvalue weighted by molar-refractivity contribution is 5.91. The summed E-state index contributed by atoms with van der Waals surface area (Å²) in [5.41, 5.74) is -0.0129. The summed E-state index contributed by atoms with van der Waals surface area (Å²) in [5, 5.41) is 4.31. The van der Waals surface area contributed by atoms with E-state index in [0.717, 1.165) is 0 Å². The molecular weight excluding hydrogens is 310 g/mol. The predicted octanol–water partition coefficient (Wildman–Crippen LogP) is 2.69. The number of carbonyl (C=O) groups is 1. The number of hydrogen-bond donors (Lipinski definition) is 0. The third kappa shape index (κ3) is 4.07. The van der Waals surface area contributed by atoms with Crippen LogP contribution in [0.15, 0.2) is 11.2 Å². The molecule has 1 aromatic heterocycles. The summed E-state index contributed by atoms with van der Waals surface area (Å²) in [5.74, 6) is 0.980. The SMILES string of the molecule is CCOC(=O)c1cnn(CC2OC(C)=NC2(C)C)c1OCC(C)C. The predicted molar refractivity (Wildman–Crippen MR) is 90.6 cm³/mol. The first-order valence-corrected chi connectivity index (χ1v) is 8.33. The van der Waals surface area contributed by atoms with E-state index < -0.39 is 5.97 Å². The van der Waals surface area contributed by atoms with Gasteiger partial charge < -0.3 is 14.2 Å². The molecule has 0 fully saturated rings. The van der Waals surface area contributed by atoms with Gasteiger partial charge in [-0.15, -0.1) is 0 Å². The highest BCUT2D eigenvalue weighted by atomic mass is 16.5. The molecule has 0 N–H and O–H groups in total. The molecule has 0 radical (unpaired) electrons. The lowest BCUT2D eigenvalue weighted by Crippen LogP contribution is -2.36. The van der Waals surface area contributed by atoms with Crippen molar-refractivity contribution in [2.75, 3.05) is 13.2 Å². The topological polar surface area (TPSA) is 74.9 Å². The van der Waals surface area contributed by atoms with Gasteiger partial charge in [-0.05, 0) is 26.7 Å². The van der Waals surface area contributed by atoms with Crippen LogP contribution in [-0.4, -0.2) is 46.5 Å². The lowest BCUT2D eigenvalue weighted by Gasteiger charge is -2.24. The van der Waals surface area contributed by atoms with E-state index >= 15 is 0 Å². The van der Waals surface area contributed by atoms with Crippen LogP contribution in [0.2, 0.25) is 0 Å². The van der Waals surface area contributed by atoms with Crippen molar-refractivity contribution < 1.29 is 19.0 Å². The number of carbonyl (C=O) groups excluding carboxylic acids is 1. The third-order valence-corrected chi connectivity index (χ3v) is 3.72. The molecule has 0 amide bonds. The fraction of sp³-hybridized carbons (Fsp3) is 0.706. The van der Waals surface area contributed by atoms with Gasteiger partial charge in [0, 0.05) is 6.92 Å². The maximum absolute atomic E-state index is 12.1. The first kappa shape index (κ1) is 18.3. The second-order valence-electron chi connectivity index (χ2n) is 6.86. The molecule has 0 saturated carbocycles. The van der Waals surface area contributed by atoms with Gasteiger partial charge in [0.15, 0.2) is 5.90 Å². The second-order valence-corrected chi connectivity index (χ2v) is 6.86. The molecular formula is C17H27N3O4. The molecule has 1 atom stereocenters. The minimum Gasteiger partial charge on any atom is -0.477 e. The van der Waals surface area contributed by atoms with Gasteiger partial charge in [0.2, 0.25) is 5.88 Å². The van der Waals surface area contributed by atoms with Crippen LogP contribution < -0.4 is 4.74 Å². The van der Waals surface area contributed by atoms with Gasteiger partial charge in [-0.25, -0.2) is 14.5 Å². The first-order chi connectivity index (χ1) is 11.2. The van der Waals surface area contributed by atoms with Crippen LogP contribution >= 0.6 is 0 Å². The van der Waals surface area contributed by atoms with Crippen LogP contribution in [-0.2, 0) is 16.0 Å². The Hall–Kier alpha value is -2.05. The van der Waals surface area contributed by atoms with Gasteiger partial charge >= 0.3 is 5.97 Å². The Morgan fingerprint density at radius 2 is 2.17 bits per heavy atom. The summed E-state index contributed by atoms with van der Waals surface area (Å²) < 4.78 is 18.4. The van der Waals surface area contributed by atoms with Gasteiger partial charge in [-0.3, -0.25) is 0 Å². The van der Waals surface area contributed by atoms with Crippen molar-refractivity contribution in [1.82, 2.24) is 9.78 Å². The van der Waals surface area contributed by atoms with Gasteiger partial charge in [-0.2, -0.15) is 5.10 Å². The standard InChI is InChI=1S/C17H27N3O4/c1-7-22-16(21)13-8-18-20(15(13)23-10-11(2)3)9-14-17(5,6)19-12(4)24-14/h8,11,14H,7,9-10H2,1-6H3. The van der Waals surface area contributed by atoms with Gasteiger partial charge in [-0.1, -0.05) is 13.8 Å². The number of nitrogens with zero attached hydrogens (tertiary/aromatic N) is 3. The molecule has 1 unspecified atom stereocenters. The van der Waals surface area contributed by atoms with Crippen LogP contribution in [0.1, 0.15) is 51.9 Å². The van der Waals surface area contributed by atoms with Crippen molar-refractivity contribution in [2.24, 2.45) is 10.9 Å². The molecule has 7 heteroatoms. The maximum Gasteiger partial charge on any atom is 0.345 e. The molecule has 1 aliphatic heterocycles. The second kappa shape index (κ2) is 7.23. The smallest absolute Gasteiger partial charge is 0.345 e. The van der Waals surface area contributed by atoms with E-state index in [4.69, 9.17) is 14.2 Å². The largest absolute Gasteiger partial charge is 0.477 e. The highest BCUT2D eigenvalue weighted by Gasteiger charge is 2.38. The molecule has 24 heavy (non-hydrogen) atoms. The van der Waals surface area contributed by atoms with Gasteiger partial charge in [0.25, 0.3) is 0 Å². The summed E-state index contributed by atoms with van der Waals surface area (Å²) in [6.07, 6.45) is 1.32. The zero-order valence-corrected chi connectivity index (χ0v) is 15.3. The monoisotopic (exact) mass is 337 g/mol. The van der Waals surface area contributed by atoms with E-state index in [0.29, 0.717) is 43.0 Å². The van der Waals surface area contributed by atoms with E-state index in [1.165, 1.54) is 6.20 Å². The van der Waals surface area contributed by atoms with E-state index in [1.54, 1.807) is 11.6 Å². The van der Waals surface area contributed by atoms with Gasteiger partial charge in [0.05, 0.1) is 31.5 Å². The Bertz CT molecular complexity index is 619. The van der Waals surface area contributed by atoms with Gasteiger partial charge in [0.1, 0.15) is 11.7 Å². The maximum atomic E-state index is 12.1. The zero-order chi connectivity index (χ0) is 17.9. The zero-order valence-electron chi connectivity index (χ0n) is 15.3. The van der Waals surface area contributed by atoms with Crippen molar-refractivity contribution in [3.63, 3.8) is 0 Å². The minimum atomic E-state index is -0.429. The van der Waals surface area contributed by atoms with Crippen LogP contribution in [0, 0.1) is 5.92 Å². The quantitative estimate of drug-likeness (QED) is 0.715. The Morgan fingerprint density at radius 1 is 1.46 bits per heavy atom. The van der Waals surface area contributed by atoms with E-state index in [-0.39, 0.29) is 11.6 Å². The summed E-state index contributed by atoms with van der Waals surface area (Å²) >= 11 is 0. The lowest BCUT2D eigenvalue weighted by molar-refractivity contribution is 0.0519. The van der Waals surface area contributed by atoms with Crippen molar-refractivity contribution >= 4 is 11.9 Å². The summed E-state index contributed by atoms with van der Waals surface area (Å²) in [7, 11) is 0. The number of ether oxygens (including phenoxy) is 3. The molecule has 1 aliphatic rings. The van der Waals surface area contributed by atoms with Crippen LogP contribution in [0.25, 0.3) is 0 Å². The third-order valence-electron chi connectivity index (χ3n) is 3.72. The fourth-order valence-electron chi connectivity index (χ4n) is 2.52. The Kier molecular flexibility index (Phi) is 5.51. The average Bonchev–Trinajstić information content (AvgIpc) is 2.97. The van der Waals surface area contributed by atoms with Crippen molar-refractivity contribution in [3.05, 3.63) is 11.8 Å². The summed E-state index contributed by atoms with van der Waals surface area (Å²) in [4.78, 5) is 16.6. The molecule has 134 valence electrons. The van der Waals surface area contributed by atoms with Crippen LogP contribution in [0.5, 0.6) is 5.88 Å². The van der Waals surface area contributed by atoms with E-state index in [1.807, 2.05) is 34.6 Å². The molecule has 0 saturated heterocycles. The molecule has 7 nitrogen and oxygen atoms in total. The lowest BCUT2D eigenvalue weighted by atomic mass is 9.99. The van der Waals surface area contributed by atoms with Crippen molar-refractivity contribution in [1.29, 1.82) is 0 Å². The Balaban J connectivity index is 2.24. The van der Waals surface area contributed by atoms with E-state index in [2.05, 4.69) is 10.1 Å². The summed E-state index contributed by atoms with van der Waals surface area (Å²) in [6.45, 7) is 13.0. The molecule has 1 aromatic rings. The number of hydrogen-bond acceptors (Lipinski definition) is 6.